The third kappa shape index (κ3) is 3.09. The Hall–Kier alpha value is -2.80. The second-order valence-corrected chi connectivity index (χ2v) is 12.1. The van der Waals surface area contributed by atoms with E-state index in [-0.39, 0.29) is 47.8 Å². The van der Waals surface area contributed by atoms with E-state index in [0.717, 1.165) is 24.0 Å². The van der Waals surface area contributed by atoms with Crippen LogP contribution in [0.15, 0.2) is 46.6 Å². The maximum atomic E-state index is 13.6. The summed E-state index contributed by atoms with van der Waals surface area (Å²) in [7, 11) is 0. The maximum absolute atomic E-state index is 13.6. The predicted molar refractivity (Wildman–Crippen MR) is 133 cm³/mol. The van der Waals surface area contributed by atoms with Crippen LogP contribution in [0.3, 0.4) is 0 Å². The number of carbonyl (C=O) groups excluding carboxylic acids is 4. The number of allylic oxidation sites excluding steroid dienone is 3. The molecule has 0 aromatic rings. The molecule has 1 aliphatic heterocycles. The van der Waals surface area contributed by atoms with Crippen LogP contribution in [-0.2, 0) is 28.7 Å². The number of carbonyl (C=O) groups is 4. The molecule has 10 atom stereocenters. The molecule has 7 nitrogen and oxygen atoms in total. The first-order chi connectivity index (χ1) is 17.5. The van der Waals surface area contributed by atoms with Crippen molar-refractivity contribution in [3.63, 3.8) is 0 Å². The molecule has 37 heavy (non-hydrogen) atoms. The van der Waals surface area contributed by atoms with Crippen molar-refractivity contribution in [3.8, 4) is 0 Å². The van der Waals surface area contributed by atoms with Gasteiger partial charge in [-0.1, -0.05) is 31.6 Å². The SMILES string of the molecule is C=C(C(=O)O[C@H]1CC(C)=C2C(=O)C=C(CO)[C@@H]2[C@H]2OC(=O)[C@@H](C)[C@@H]21)[C@@H]1CC[C@H](C)[C@@]23C(=O)C=C(C)[C@@H]2[C@@H]13. The summed E-state index contributed by atoms with van der Waals surface area (Å²) >= 11 is 0. The van der Waals surface area contributed by atoms with E-state index in [1.165, 1.54) is 6.08 Å². The zero-order valence-electron chi connectivity index (χ0n) is 21.8. The van der Waals surface area contributed by atoms with Gasteiger partial charge < -0.3 is 14.6 Å². The van der Waals surface area contributed by atoms with E-state index in [4.69, 9.17) is 9.47 Å². The van der Waals surface area contributed by atoms with Crippen LogP contribution in [0.1, 0.15) is 47.0 Å². The fourth-order valence-corrected chi connectivity index (χ4v) is 8.80. The lowest BCUT2D eigenvalue weighted by Gasteiger charge is -2.34. The quantitative estimate of drug-likeness (QED) is 0.461. The molecule has 2 saturated carbocycles. The summed E-state index contributed by atoms with van der Waals surface area (Å²) in [5.41, 5.74) is 2.95. The average molecular weight is 507 g/mol. The number of fused-ring (bicyclic) bond motifs is 4. The Labute approximate surface area is 216 Å². The van der Waals surface area contributed by atoms with E-state index < -0.39 is 41.3 Å². The minimum atomic E-state index is -0.683. The first kappa shape index (κ1) is 24.5. The highest BCUT2D eigenvalue weighted by molar-refractivity contribution is 6.09. The Kier molecular flexibility index (Phi) is 5.37. The molecule has 5 aliphatic carbocycles. The van der Waals surface area contributed by atoms with E-state index in [0.29, 0.717) is 23.1 Å². The number of aliphatic hydroxyl groups is 1. The molecule has 1 saturated heterocycles. The molecule has 0 aromatic carbocycles. The van der Waals surface area contributed by atoms with Crippen molar-refractivity contribution in [3.05, 3.63) is 46.6 Å². The number of ketones is 2. The molecule has 0 radical (unpaired) electrons. The number of ether oxygens (including phenoxy) is 2. The highest BCUT2D eigenvalue weighted by atomic mass is 16.6. The Bertz CT molecular complexity index is 1250. The van der Waals surface area contributed by atoms with Gasteiger partial charge in [0.05, 0.1) is 12.5 Å². The lowest BCUT2D eigenvalue weighted by atomic mass is 9.71. The van der Waals surface area contributed by atoms with Crippen molar-refractivity contribution in [1.29, 1.82) is 0 Å². The van der Waals surface area contributed by atoms with E-state index in [1.807, 2.05) is 13.8 Å². The van der Waals surface area contributed by atoms with Crippen LogP contribution < -0.4 is 0 Å². The van der Waals surface area contributed by atoms with Crippen molar-refractivity contribution in [2.24, 2.45) is 46.8 Å². The van der Waals surface area contributed by atoms with Gasteiger partial charge in [-0.3, -0.25) is 14.4 Å². The molecule has 1 spiro atoms. The molecule has 1 N–H and O–H groups in total. The lowest BCUT2D eigenvalue weighted by Crippen LogP contribution is -2.39. The molecule has 7 heteroatoms. The summed E-state index contributed by atoms with van der Waals surface area (Å²) in [5.74, 6) is -1.97. The van der Waals surface area contributed by atoms with E-state index in [2.05, 4.69) is 13.5 Å². The van der Waals surface area contributed by atoms with Gasteiger partial charge in [-0.15, -0.1) is 0 Å². The number of hydrogen-bond acceptors (Lipinski definition) is 7. The molecule has 0 unspecified atom stereocenters. The first-order valence-corrected chi connectivity index (χ1v) is 13.4. The summed E-state index contributed by atoms with van der Waals surface area (Å²) in [6.07, 6.45) is 3.82. The van der Waals surface area contributed by atoms with Crippen molar-refractivity contribution in [2.75, 3.05) is 6.61 Å². The fourth-order valence-electron chi connectivity index (χ4n) is 8.80. The highest BCUT2D eigenvalue weighted by Gasteiger charge is 2.77. The van der Waals surface area contributed by atoms with Crippen LogP contribution in [-0.4, -0.2) is 47.4 Å². The van der Waals surface area contributed by atoms with Gasteiger partial charge in [-0.05, 0) is 68.1 Å². The van der Waals surface area contributed by atoms with Crippen LogP contribution in [0.4, 0.5) is 0 Å². The number of esters is 2. The van der Waals surface area contributed by atoms with E-state index in [9.17, 15) is 24.3 Å². The second kappa shape index (κ2) is 8.10. The Balaban J connectivity index is 1.27. The smallest absolute Gasteiger partial charge is 0.333 e. The summed E-state index contributed by atoms with van der Waals surface area (Å²) in [6, 6.07) is 0. The lowest BCUT2D eigenvalue weighted by molar-refractivity contribution is -0.150. The molecular weight excluding hydrogens is 472 g/mol. The van der Waals surface area contributed by atoms with Gasteiger partial charge in [-0.2, -0.15) is 0 Å². The van der Waals surface area contributed by atoms with E-state index >= 15 is 0 Å². The van der Waals surface area contributed by atoms with Gasteiger partial charge in [0.25, 0.3) is 0 Å². The molecule has 1 heterocycles. The van der Waals surface area contributed by atoms with Crippen molar-refractivity contribution < 1.29 is 33.8 Å². The summed E-state index contributed by atoms with van der Waals surface area (Å²) < 4.78 is 11.9. The molecule has 6 aliphatic rings. The minimum Gasteiger partial charge on any atom is -0.461 e. The molecule has 0 bridgehead atoms. The van der Waals surface area contributed by atoms with Crippen molar-refractivity contribution in [1.82, 2.24) is 0 Å². The first-order valence-electron chi connectivity index (χ1n) is 13.4. The van der Waals surface area contributed by atoms with Crippen molar-refractivity contribution in [2.45, 2.75) is 59.2 Å². The van der Waals surface area contributed by atoms with Gasteiger partial charge in [0.15, 0.2) is 11.6 Å². The highest BCUT2D eigenvalue weighted by Crippen LogP contribution is 2.76. The zero-order valence-corrected chi connectivity index (χ0v) is 21.8. The molecule has 3 fully saturated rings. The Morgan fingerprint density at radius 2 is 1.92 bits per heavy atom. The van der Waals surface area contributed by atoms with Gasteiger partial charge in [0, 0.05) is 34.8 Å². The number of hydrogen-bond donors (Lipinski definition) is 1. The molecule has 0 aromatic heterocycles. The van der Waals surface area contributed by atoms with Crippen LogP contribution in [0, 0.1) is 46.8 Å². The molecule has 6 rings (SSSR count). The Morgan fingerprint density at radius 1 is 1.19 bits per heavy atom. The van der Waals surface area contributed by atoms with Crippen LogP contribution >= 0.6 is 0 Å². The maximum Gasteiger partial charge on any atom is 0.333 e. The van der Waals surface area contributed by atoms with Crippen molar-refractivity contribution >= 4 is 23.5 Å². The monoisotopic (exact) mass is 506 g/mol. The summed E-state index contributed by atoms with van der Waals surface area (Å²) in [4.78, 5) is 52.0. The summed E-state index contributed by atoms with van der Waals surface area (Å²) in [5, 5.41) is 9.92. The third-order valence-electron chi connectivity index (χ3n) is 10.5. The van der Waals surface area contributed by atoms with Crippen LogP contribution in [0.25, 0.3) is 0 Å². The predicted octanol–water partition coefficient (Wildman–Crippen LogP) is 3.28. The fraction of sp³-hybridized carbons (Fsp3) is 0.600. The molecule has 196 valence electrons. The molecular formula is C30H34O7. The second-order valence-electron chi connectivity index (χ2n) is 12.1. The topological polar surface area (TPSA) is 107 Å². The van der Waals surface area contributed by atoms with Crippen LogP contribution in [0.5, 0.6) is 0 Å². The van der Waals surface area contributed by atoms with Gasteiger partial charge in [0.2, 0.25) is 0 Å². The number of rotatable bonds is 4. The van der Waals surface area contributed by atoms with Gasteiger partial charge in [-0.25, -0.2) is 4.79 Å². The summed E-state index contributed by atoms with van der Waals surface area (Å²) in [6.45, 7) is 11.6. The van der Waals surface area contributed by atoms with E-state index in [1.54, 1.807) is 13.0 Å². The normalized spacial score (nSPS) is 43.7. The Morgan fingerprint density at radius 3 is 2.62 bits per heavy atom. The standard InChI is InChI=1S/C30H34O7/c1-12-8-20(23-16(5)29(35)37-27(23)24-17(11-31)10-19(32)22(12)24)36-28(34)15(4)18-7-6-14(3)30-21(33)9-13(2)25(30)26(18)30/h9-10,14,16,18,20,23-27,31H,4,6-8,11H2,1-3,5H3/t14-,16-,18-,20-,23+,24-,25+,26+,27-,30+/m0/s1. The minimum absolute atomic E-state index is 0.0871. The largest absolute Gasteiger partial charge is 0.461 e. The van der Waals surface area contributed by atoms with Gasteiger partial charge >= 0.3 is 11.9 Å². The average Bonchev–Trinajstić information content (AvgIpc) is 3.26. The molecule has 0 amide bonds. The van der Waals surface area contributed by atoms with Crippen LogP contribution in [0.2, 0.25) is 0 Å². The number of aliphatic hydroxyl groups excluding tert-OH is 1. The van der Waals surface area contributed by atoms with Gasteiger partial charge in [0.1, 0.15) is 12.2 Å². The zero-order chi connectivity index (χ0) is 26.5. The third-order valence-corrected chi connectivity index (χ3v) is 10.5.